The summed E-state index contributed by atoms with van der Waals surface area (Å²) in [4.78, 5) is 0. The van der Waals surface area contributed by atoms with Gasteiger partial charge in [0.1, 0.15) is 6.67 Å². The van der Waals surface area contributed by atoms with Gasteiger partial charge in [-0.25, -0.2) is 4.39 Å². The molecule has 0 radical (unpaired) electrons. The Labute approximate surface area is 59.8 Å². The fraction of sp³-hybridized carbons (Fsp3) is 0.250. The maximum Gasteiger partial charge on any atom is 0.108 e. The average Bonchev–Trinajstić information content (AvgIpc) is 2.31. The van der Waals surface area contributed by atoms with E-state index < -0.39 is 6.67 Å². The van der Waals surface area contributed by atoms with Gasteiger partial charge in [-0.3, -0.25) is 0 Å². The molecule has 0 atom stereocenters. The van der Waals surface area contributed by atoms with Crippen molar-refractivity contribution in [2.24, 2.45) is 7.05 Å². The van der Waals surface area contributed by atoms with Gasteiger partial charge in [-0.1, -0.05) is 6.08 Å². The van der Waals surface area contributed by atoms with Crippen LogP contribution in [0.25, 0.3) is 6.08 Å². The summed E-state index contributed by atoms with van der Waals surface area (Å²) in [5.41, 5.74) is 1.03. The van der Waals surface area contributed by atoms with Gasteiger partial charge in [0.05, 0.1) is 0 Å². The minimum atomic E-state index is -0.398. The molecule has 1 nitrogen and oxygen atoms in total. The monoisotopic (exact) mass is 139 g/mol. The Kier molecular flexibility index (Phi) is 2.26. The molecule has 1 aromatic heterocycles. The highest BCUT2D eigenvalue weighted by atomic mass is 19.1. The molecule has 0 aromatic carbocycles. The van der Waals surface area contributed by atoms with Crippen molar-refractivity contribution in [3.8, 4) is 0 Å². The number of allylic oxidation sites excluding steroid dienone is 1. The van der Waals surface area contributed by atoms with Gasteiger partial charge < -0.3 is 4.57 Å². The number of halogens is 1. The highest BCUT2D eigenvalue weighted by molar-refractivity contribution is 5.45. The zero-order valence-electron chi connectivity index (χ0n) is 5.92. The van der Waals surface area contributed by atoms with Gasteiger partial charge in [-0.2, -0.15) is 0 Å². The molecule has 0 bridgehead atoms. The molecule has 0 unspecified atom stereocenters. The number of aromatic nitrogens is 1. The first kappa shape index (κ1) is 7.06. The third-order valence-electron chi connectivity index (χ3n) is 1.36. The molecular weight excluding hydrogens is 129 g/mol. The van der Waals surface area contributed by atoms with Gasteiger partial charge in [-0.05, 0) is 18.2 Å². The molecule has 0 aliphatic carbocycles. The number of alkyl halides is 1. The van der Waals surface area contributed by atoms with Crippen LogP contribution in [0.4, 0.5) is 4.39 Å². The lowest BCUT2D eigenvalue weighted by molar-refractivity contribution is 0.563. The summed E-state index contributed by atoms with van der Waals surface area (Å²) in [7, 11) is 1.93. The number of nitrogens with zero attached hydrogens (tertiary/aromatic N) is 1. The van der Waals surface area contributed by atoms with Crippen LogP contribution in [0.3, 0.4) is 0 Å². The first-order chi connectivity index (χ1) is 4.84. The number of rotatable bonds is 2. The fourth-order valence-corrected chi connectivity index (χ4v) is 0.813. The van der Waals surface area contributed by atoms with Crippen molar-refractivity contribution in [2.45, 2.75) is 0 Å². The molecule has 0 saturated heterocycles. The highest BCUT2D eigenvalue weighted by Gasteiger charge is 1.87. The molecule has 0 aliphatic rings. The molecule has 54 valence electrons. The summed E-state index contributed by atoms with van der Waals surface area (Å²) in [6.07, 6.45) is 5.19. The van der Waals surface area contributed by atoms with Crippen LogP contribution < -0.4 is 0 Å². The minimum absolute atomic E-state index is 0.398. The third-order valence-corrected chi connectivity index (χ3v) is 1.36. The average molecular weight is 139 g/mol. The quantitative estimate of drug-likeness (QED) is 0.590. The standard InChI is InChI=1S/C8H10FN/c1-10-7-3-5-8(10)4-2-6-9/h2-5,7H,6H2,1H3/b4-2-. The lowest BCUT2D eigenvalue weighted by Crippen LogP contribution is -1.86. The van der Waals surface area contributed by atoms with E-state index in [1.165, 1.54) is 6.08 Å². The van der Waals surface area contributed by atoms with Crippen LogP contribution in [0, 0.1) is 0 Å². The summed E-state index contributed by atoms with van der Waals surface area (Å²) in [6, 6.07) is 3.87. The molecule has 10 heavy (non-hydrogen) atoms. The van der Waals surface area contributed by atoms with Gasteiger partial charge in [0, 0.05) is 18.9 Å². The molecule has 1 heterocycles. The van der Waals surface area contributed by atoms with Crippen LogP contribution in [-0.2, 0) is 7.05 Å². The van der Waals surface area contributed by atoms with Crippen molar-refractivity contribution >= 4 is 6.08 Å². The van der Waals surface area contributed by atoms with Crippen molar-refractivity contribution in [1.82, 2.24) is 4.57 Å². The molecule has 2 heteroatoms. The SMILES string of the molecule is Cn1cccc1/C=C\CF. The second kappa shape index (κ2) is 3.20. The van der Waals surface area contributed by atoms with E-state index in [4.69, 9.17) is 0 Å². The van der Waals surface area contributed by atoms with E-state index >= 15 is 0 Å². The number of hydrogen-bond acceptors (Lipinski definition) is 0. The summed E-state index contributed by atoms with van der Waals surface area (Å²) in [6.45, 7) is -0.398. The van der Waals surface area contributed by atoms with E-state index in [9.17, 15) is 4.39 Å². The van der Waals surface area contributed by atoms with E-state index in [1.807, 2.05) is 29.9 Å². The Morgan fingerprint density at radius 1 is 1.70 bits per heavy atom. The number of hydrogen-bond donors (Lipinski definition) is 0. The Bertz CT molecular complexity index is 225. The second-order valence-electron chi connectivity index (χ2n) is 2.10. The minimum Gasteiger partial charge on any atom is -0.351 e. The summed E-state index contributed by atoms with van der Waals surface area (Å²) >= 11 is 0. The zero-order valence-corrected chi connectivity index (χ0v) is 5.92. The van der Waals surface area contributed by atoms with E-state index in [0.717, 1.165) is 5.69 Å². The maximum atomic E-state index is 11.6. The summed E-state index contributed by atoms with van der Waals surface area (Å²) < 4.78 is 13.6. The van der Waals surface area contributed by atoms with Crippen LogP contribution in [0.1, 0.15) is 5.69 Å². The van der Waals surface area contributed by atoms with Crippen molar-refractivity contribution < 1.29 is 4.39 Å². The van der Waals surface area contributed by atoms with E-state index in [0.29, 0.717) is 0 Å². The van der Waals surface area contributed by atoms with Crippen LogP contribution in [0.15, 0.2) is 24.4 Å². The lowest BCUT2D eigenvalue weighted by Gasteiger charge is -1.93. The molecule has 0 N–H and O–H groups in total. The van der Waals surface area contributed by atoms with Crippen LogP contribution in [0.5, 0.6) is 0 Å². The Balaban J connectivity index is 2.74. The first-order valence-electron chi connectivity index (χ1n) is 3.18. The zero-order chi connectivity index (χ0) is 7.40. The first-order valence-corrected chi connectivity index (χ1v) is 3.18. The van der Waals surface area contributed by atoms with E-state index in [2.05, 4.69) is 0 Å². The Hall–Kier alpha value is -1.05. The normalized spacial score (nSPS) is 11.0. The summed E-state index contributed by atoms with van der Waals surface area (Å²) in [5.74, 6) is 0. The Morgan fingerprint density at radius 3 is 3.00 bits per heavy atom. The highest BCUT2D eigenvalue weighted by Crippen LogP contribution is 2.01. The van der Waals surface area contributed by atoms with Crippen molar-refractivity contribution in [3.63, 3.8) is 0 Å². The smallest absolute Gasteiger partial charge is 0.108 e. The predicted octanol–water partition coefficient (Wildman–Crippen LogP) is 2.01. The van der Waals surface area contributed by atoms with Gasteiger partial charge in [0.2, 0.25) is 0 Å². The summed E-state index contributed by atoms with van der Waals surface area (Å²) in [5, 5.41) is 0. The predicted molar refractivity (Wildman–Crippen MR) is 40.4 cm³/mol. The molecule has 1 aromatic rings. The van der Waals surface area contributed by atoms with Crippen LogP contribution in [0.2, 0.25) is 0 Å². The second-order valence-corrected chi connectivity index (χ2v) is 2.10. The largest absolute Gasteiger partial charge is 0.351 e. The van der Waals surface area contributed by atoms with Crippen LogP contribution in [-0.4, -0.2) is 11.2 Å². The van der Waals surface area contributed by atoms with Gasteiger partial charge in [0.25, 0.3) is 0 Å². The lowest BCUT2D eigenvalue weighted by atomic mass is 10.4. The van der Waals surface area contributed by atoms with Crippen molar-refractivity contribution in [2.75, 3.05) is 6.67 Å². The molecule has 0 fully saturated rings. The third kappa shape index (κ3) is 1.47. The molecule has 0 saturated carbocycles. The Morgan fingerprint density at radius 2 is 2.50 bits per heavy atom. The van der Waals surface area contributed by atoms with Crippen molar-refractivity contribution in [1.29, 1.82) is 0 Å². The fourth-order valence-electron chi connectivity index (χ4n) is 0.813. The van der Waals surface area contributed by atoms with Gasteiger partial charge in [0.15, 0.2) is 0 Å². The molecular formula is C8H10FN. The van der Waals surface area contributed by atoms with Crippen molar-refractivity contribution in [3.05, 3.63) is 30.1 Å². The van der Waals surface area contributed by atoms with E-state index in [-0.39, 0.29) is 0 Å². The van der Waals surface area contributed by atoms with Gasteiger partial charge >= 0.3 is 0 Å². The van der Waals surface area contributed by atoms with E-state index in [1.54, 1.807) is 6.08 Å². The maximum absolute atomic E-state index is 11.6. The van der Waals surface area contributed by atoms with Gasteiger partial charge in [-0.15, -0.1) is 0 Å². The topological polar surface area (TPSA) is 4.93 Å². The molecule has 0 aliphatic heterocycles. The molecule has 0 spiro atoms. The van der Waals surface area contributed by atoms with Crippen LogP contribution >= 0.6 is 0 Å². The molecule has 1 rings (SSSR count). The number of aryl methyl sites for hydroxylation is 1. The molecule has 0 amide bonds.